The first kappa shape index (κ1) is 8.05. The Labute approximate surface area is 88.2 Å². The van der Waals surface area contributed by atoms with E-state index in [1.54, 1.807) is 12.0 Å². The van der Waals surface area contributed by atoms with Crippen LogP contribution in [0.15, 0.2) is 0 Å². The highest BCUT2D eigenvalue weighted by Crippen LogP contribution is 2.45. The molecule has 0 saturated carbocycles. The summed E-state index contributed by atoms with van der Waals surface area (Å²) in [6, 6.07) is 0. The molecular formula is C11H20FNO. The lowest BCUT2D eigenvalue weighted by Gasteiger charge is -2.35. The van der Waals surface area contributed by atoms with Crippen LogP contribution in [0.3, 0.4) is 0 Å². The van der Waals surface area contributed by atoms with Gasteiger partial charge in [-0.3, -0.25) is 4.90 Å². The third kappa shape index (κ3) is 1.38. The first-order chi connectivity index (χ1) is 7.34. The molecule has 0 radical (unpaired) electrons. The lowest BCUT2D eigenvalue weighted by molar-refractivity contribution is 0.102. The van der Waals surface area contributed by atoms with Gasteiger partial charge in [-0.05, 0) is 18.8 Å². The van der Waals surface area contributed by atoms with E-state index in [0.717, 1.165) is 6.42 Å². The van der Waals surface area contributed by atoms with Crippen LogP contribution >= 0.6 is 0 Å². The fourth-order valence-electron chi connectivity index (χ4n) is 2.80. The van der Waals surface area contributed by atoms with E-state index < -0.39 is 12.7 Å². The number of halogens is 1. The number of ether oxygens (including phenoxy) is 1. The minimum absolute atomic E-state index is 0.0324. The number of nitrogens with zero attached hydrogens (tertiary/aromatic N) is 1. The lowest BCUT2D eigenvalue weighted by Crippen LogP contribution is -2.42. The van der Waals surface area contributed by atoms with Gasteiger partial charge < -0.3 is 4.74 Å². The quantitative estimate of drug-likeness (QED) is 0.679. The van der Waals surface area contributed by atoms with Crippen LogP contribution in [0, 0.1) is 5.92 Å². The van der Waals surface area contributed by atoms with Crippen molar-refractivity contribution in [3.05, 3.63) is 0 Å². The Balaban J connectivity index is 2.33. The first-order valence-electron chi connectivity index (χ1n) is 6.29. The Hall–Kier alpha value is -0.150. The van der Waals surface area contributed by atoms with Crippen molar-refractivity contribution in [3.63, 3.8) is 0 Å². The van der Waals surface area contributed by atoms with E-state index in [0.29, 0.717) is 6.54 Å². The van der Waals surface area contributed by atoms with Crippen LogP contribution in [0.25, 0.3) is 0 Å². The highest BCUT2D eigenvalue weighted by Gasteiger charge is 2.53. The second-order valence-electron chi connectivity index (χ2n) is 4.73. The number of methoxy groups -OCH3 is 1. The summed E-state index contributed by atoms with van der Waals surface area (Å²) in [4.78, 5) is 1.70. The molecule has 0 amide bonds. The second-order valence-corrected chi connectivity index (χ2v) is 4.73. The molecule has 2 aliphatic heterocycles. The summed E-state index contributed by atoms with van der Waals surface area (Å²) in [6.45, 7) is 2.75. The van der Waals surface area contributed by atoms with Gasteiger partial charge in [0, 0.05) is 28.4 Å². The van der Waals surface area contributed by atoms with Gasteiger partial charge >= 0.3 is 0 Å². The molecule has 0 aliphatic carbocycles. The summed E-state index contributed by atoms with van der Waals surface area (Å²) in [7, 11) is 1.64. The van der Waals surface area contributed by atoms with Gasteiger partial charge in [-0.25, -0.2) is 4.39 Å². The van der Waals surface area contributed by atoms with E-state index in [9.17, 15) is 4.39 Å². The predicted molar refractivity (Wildman–Crippen MR) is 54.1 cm³/mol. The molecule has 2 nitrogen and oxygen atoms in total. The highest BCUT2D eigenvalue weighted by atomic mass is 19.1. The van der Waals surface area contributed by atoms with Crippen molar-refractivity contribution in [1.29, 1.82) is 0 Å². The lowest BCUT2D eigenvalue weighted by atomic mass is 9.82. The Kier molecular flexibility index (Phi) is 1.99. The Bertz CT molecular complexity index is 287. The van der Waals surface area contributed by atoms with Gasteiger partial charge in [-0.1, -0.05) is 13.8 Å². The molecule has 0 aromatic heterocycles. The van der Waals surface area contributed by atoms with Gasteiger partial charge in [-0.2, -0.15) is 0 Å². The largest absolute Gasteiger partial charge is 0.380 e. The average Bonchev–Trinajstić information content (AvgIpc) is 2.65. The first-order valence-corrected chi connectivity index (χ1v) is 5.29. The molecule has 2 heterocycles. The van der Waals surface area contributed by atoms with Gasteiger partial charge in [0.1, 0.15) is 6.17 Å². The number of alkyl halides is 1. The number of hydrogen-bond donors (Lipinski definition) is 0. The summed E-state index contributed by atoms with van der Waals surface area (Å²) >= 11 is 0. The van der Waals surface area contributed by atoms with Gasteiger partial charge in [0.15, 0.2) is 0 Å². The molecule has 2 fully saturated rings. The van der Waals surface area contributed by atoms with Crippen LogP contribution in [0.5, 0.6) is 0 Å². The maximum atomic E-state index is 13.8. The molecule has 0 N–H and O–H groups in total. The van der Waals surface area contributed by atoms with Crippen molar-refractivity contribution in [2.24, 2.45) is 5.92 Å². The van der Waals surface area contributed by atoms with Crippen LogP contribution in [-0.4, -0.2) is 42.9 Å². The third-order valence-electron chi connectivity index (χ3n) is 3.74. The molecule has 0 aromatic carbocycles. The topological polar surface area (TPSA) is 12.5 Å². The second kappa shape index (κ2) is 3.46. The molecule has 14 heavy (non-hydrogen) atoms. The van der Waals surface area contributed by atoms with Crippen molar-refractivity contribution in [2.75, 3.05) is 20.2 Å². The van der Waals surface area contributed by atoms with Crippen molar-refractivity contribution in [1.82, 2.24) is 4.90 Å². The summed E-state index contributed by atoms with van der Waals surface area (Å²) < 4.78 is 34.9. The Morgan fingerprint density at radius 1 is 1.57 bits per heavy atom. The minimum atomic E-state index is -1.84. The molecule has 82 valence electrons. The molecule has 3 heteroatoms. The third-order valence-corrected chi connectivity index (χ3v) is 3.74. The van der Waals surface area contributed by atoms with Crippen LogP contribution in [0.4, 0.5) is 4.39 Å². The smallest absolute Gasteiger partial charge is 0.115 e. The van der Waals surface area contributed by atoms with E-state index in [-0.39, 0.29) is 24.0 Å². The maximum absolute atomic E-state index is 13.8. The SMILES string of the molecule is [2H]C1([2H])[C@H](F)C[C@]2(C(C)C)C[C@@H](OC)CN12. The van der Waals surface area contributed by atoms with E-state index >= 15 is 0 Å². The van der Waals surface area contributed by atoms with Gasteiger partial charge in [0.25, 0.3) is 0 Å². The fourth-order valence-corrected chi connectivity index (χ4v) is 2.80. The molecule has 2 saturated heterocycles. The summed E-state index contributed by atoms with van der Waals surface area (Å²) in [5.74, 6) is 0.239. The van der Waals surface area contributed by atoms with Gasteiger partial charge in [0.05, 0.1) is 6.10 Å². The van der Waals surface area contributed by atoms with E-state index in [1.165, 1.54) is 0 Å². The summed E-state index contributed by atoms with van der Waals surface area (Å²) in [5, 5.41) is 0. The van der Waals surface area contributed by atoms with Crippen molar-refractivity contribution in [2.45, 2.75) is 44.5 Å². The monoisotopic (exact) mass is 203 g/mol. The van der Waals surface area contributed by atoms with Crippen molar-refractivity contribution in [3.8, 4) is 0 Å². The standard InChI is InChI=1S/C11H20FNO/c1-8(2)11-4-9(12)6-13(11)7-10(5-11)14-3/h8-10H,4-7H2,1-3H3/t9-,10-,11-/m1/s1/i6D2. The van der Waals surface area contributed by atoms with Crippen LogP contribution in [-0.2, 0) is 4.74 Å². The average molecular weight is 203 g/mol. The fraction of sp³-hybridized carbons (Fsp3) is 1.00. The summed E-state index contributed by atoms with van der Waals surface area (Å²) in [6.07, 6.45) is -0.323. The zero-order valence-corrected chi connectivity index (χ0v) is 9.09. The Morgan fingerprint density at radius 2 is 2.29 bits per heavy atom. The molecule has 0 spiro atoms. The van der Waals surface area contributed by atoms with E-state index in [2.05, 4.69) is 0 Å². The number of rotatable bonds is 2. The normalized spacial score (nSPS) is 49.2. The highest BCUT2D eigenvalue weighted by molar-refractivity contribution is 5.08. The maximum Gasteiger partial charge on any atom is 0.115 e. The van der Waals surface area contributed by atoms with Crippen molar-refractivity contribution >= 4 is 0 Å². The number of fused-ring (bicyclic) bond motifs is 1. The van der Waals surface area contributed by atoms with Crippen LogP contribution < -0.4 is 0 Å². The van der Waals surface area contributed by atoms with Crippen LogP contribution in [0.1, 0.15) is 29.4 Å². The zero-order chi connectivity index (χ0) is 12.1. The molecule has 2 rings (SSSR count). The van der Waals surface area contributed by atoms with Gasteiger partial charge in [0.2, 0.25) is 0 Å². The number of hydrogen-bond acceptors (Lipinski definition) is 2. The van der Waals surface area contributed by atoms with Crippen molar-refractivity contribution < 1.29 is 11.9 Å². The molecule has 0 bridgehead atoms. The molecule has 3 atom stereocenters. The molecule has 2 aliphatic rings. The molecule has 0 unspecified atom stereocenters. The zero-order valence-electron chi connectivity index (χ0n) is 11.1. The minimum Gasteiger partial charge on any atom is -0.380 e. The Morgan fingerprint density at radius 3 is 2.79 bits per heavy atom. The van der Waals surface area contributed by atoms with Gasteiger partial charge in [-0.15, -0.1) is 0 Å². The van der Waals surface area contributed by atoms with E-state index in [4.69, 9.17) is 7.48 Å². The van der Waals surface area contributed by atoms with E-state index in [1.807, 2.05) is 13.8 Å². The molecule has 0 aromatic rings. The predicted octanol–water partition coefficient (Wildman–Crippen LogP) is 1.84. The molecular weight excluding hydrogens is 181 g/mol. The van der Waals surface area contributed by atoms with Crippen LogP contribution in [0.2, 0.25) is 0 Å². The summed E-state index contributed by atoms with van der Waals surface area (Å²) in [5.41, 5.74) is -0.358.